The molecule has 6 nitrogen and oxygen atoms in total. The molecule has 1 aliphatic rings. The largest absolute Gasteiger partial charge is 0.573 e. The van der Waals surface area contributed by atoms with Crippen molar-refractivity contribution in [1.82, 2.24) is 4.90 Å². The molecule has 1 atom stereocenters. The summed E-state index contributed by atoms with van der Waals surface area (Å²) in [6.07, 6.45) is -4.21. The van der Waals surface area contributed by atoms with Gasteiger partial charge in [0.25, 0.3) is 0 Å². The number of halogens is 3. The van der Waals surface area contributed by atoms with Crippen LogP contribution in [0.3, 0.4) is 0 Å². The van der Waals surface area contributed by atoms with E-state index in [0.717, 1.165) is 30.6 Å². The number of alkyl halides is 3. The van der Waals surface area contributed by atoms with E-state index in [9.17, 15) is 18.3 Å². The van der Waals surface area contributed by atoms with Gasteiger partial charge in [-0.25, -0.2) is 4.99 Å². The van der Waals surface area contributed by atoms with E-state index in [2.05, 4.69) is 19.9 Å². The Morgan fingerprint density at radius 2 is 1.86 bits per heavy atom. The molecule has 9 heteroatoms. The second kappa shape index (κ2) is 9.15. The zero-order valence-electron chi connectivity index (χ0n) is 15.7. The lowest BCUT2D eigenvalue weighted by molar-refractivity contribution is -0.274. The van der Waals surface area contributed by atoms with Gasteiger partial charge in [0.2, 0.25) is 0 Å². The van der Waals surface area contributed by atoms with Crippen LogP contribution in [0.2, 0.25) is 0 Å². The van der Waals surface area contributed by atoms with Gasteiger partial charge in [-0.3, -0.25) is 4.90 Å². The molecular formula is C20H23F3N4O2. The van der Waals surface area contributed by atoms with Crippen molar-refractivity contribution in [2.45, 2.75) is 32.0 Å². The molecule has 0 amide bonds. The number of rotatable bonds is 6. The van der Waals surface area contributed by atoms with Gasteiger partial charge in [-0.05, 0) is 41.8 Å². The number of likely N-dealkylation sites (tertiary alicyclic amines) is 1. The Morgan fingerprint density at radius 1 is 1.17 bits per heavy atom. The summed E-state index contributed by atoms with van der Waals surface area (Å²) in [5.41, 5.74) is 8.55. The zero-order chi connectivity index (χ0) is 20.9. The molecule has 0 aliphatic carbocycles. The maximum absolute atomic E-state index is 12.2. The number of aliphatic hydroxyl groups is 1. The molecular weight excluding hydrogens is 385 g/mol. The molecule has 1 unspecified atom stereocenters. The first-order valence-corrected chi connectivity index (χ1v) is 9.18. The van der Waals surface area contributed by atoms with E-state index < -0.39 is 6.36 Å². The SMILES string of the molecule is NC(=NCc1ccccc1CN1CCC(O)C1)Nc1ccc(OC(F)(F)F)cc1. The van der Waals surface area contributed by atoms with Crippen LogP contribution in [0, 0.1) is 0 Å². The quantitative estimate of drug-likeness (QED) is 0.506. The molecule has 0 spiro atoms. The van der Waals surface area contributed by atoms with Crippen LogP contribution in [0.1, 0.15) is 17.5 Å². The number of β-amino-alcohol motifs (C(OH)–C–C–N with tert-alkyl or cyclic N) is 1. The molecule has 2 aromatic rings. The van der Waals surface area contributed by atoms with E-state index in [0.29, 0.717) is 18.8 Å². The van der Waals surface area contributed by atoms with Crippen molar-refractivity contribution in [3.63, 3.8) is 0 Å². The maximum Gasteiger partial charge on any atom is 0.573 e. The van der Waals surface area contributed by atoms with Crippen molar-refractivity contribution in [3.8, 4) is 5.75 Å². The fourth-order valence-corrected chi connectivity index (χ4v) is 3.16. The number of ether oxygens (including phenoxy) is 1. The number of hydrogen-bond acceptors (Lipinski definition) is 4. The lowest BCUT2D eigenvalue weighted by Gasteiger charge is -2.17. The molecule has 0 aromatic heterocycles. The highest BCUT2D eigenvalue weighted by molar-refractivity contribution is 5.92. The van der Waals surface area contributed by atoms with Gasteiger partial charge >= 0.3 is 6.36 Å². The number of nitrogens with two attached hydrogens (primary N) is 1. The Kier molecular flexibility index (Phi) is 6.60. The van der Waals surface area contributed by atoms with Gasteiger partial charge < -0.3 is 20.9 Å². The van der Waals surface area contributed by atoms with Crippen molar-refractivity contribution in [1.29, 1.82) is 0 Å². The number of aliphatic hydroxyl groups excluding tert-OH is 1. The van der Waals surface area contributed by atoms with E-state index in [1.807, 2.05) is 24.3 Å². The third kappa shape index (κ3) is 6.65. The molecule has 156 valence electrons. The highest BCUT2D eigenvalue weighted by Crippen LogP contribution is 2.24. The molecule has 0 saturated carbocycles. The van der Waals surface area contributed by atoms with Gasteiger partial charge in [0.1, 0.15) is 5.75 Å². The second-order valence-corrected chi connectivity index (χ2v) is 6.84. The summed E-state index contributed by atoms with van der Waals surface area (Å²) in [7, 11) is 0. The molecule has 1 heterocycles. The average molecular weight is 408 g/mol. The number of anilines is 1. The van der Waals surface area contributed by atoms with Crippen LogP contribution in [0.4, 0.5) is 18.9 Å². The predicted molar refractivity (Wildman–Crippen MR) is 104 cm³/mol. The molecule has 1 aliphatic heterocycles. The Balaban J connectivity index is 1.58. The predicted octanol–water partition coefficient (Wildman–Crippen LogP) is 3.08. The normalized spacial score (nSPS) is 18.1. The van der Waals surface area contributed by atoms with Crippen LogP contribution < -0.4 is 15.8 Å². The topological polar surface area (TPSA) is 83.1 Å². The molecule has 2 aromatic carbocycles. The summed E-state index contributed by atoms with van der Waals surface area (Å²) in [5, 5.41) is 12.5. The number of nitrogens with zero attached hydrogens (tertiary/aromatic N) is 2. The van der Waals surface area contributed by atoms with E-state index >= 15 is 0 Å². The molecule has 0 bridgehead atoms. The first-order valence-electron chi connectivity index (χ1n) is 9.18. The van der Waals surface area contributed by atoms with Crippen molar-refractivity contribution < 1.29 is 23.0 Å². The average Bonchev–Trinajstić information content (AvgIpc) is 3.06. The Morgan fingerprint density at radius 3 is 2.48 bits per heavy atom. The molecule has 1 saturated heterocycles. The van der Waals surface area contributed by atoms with E-state index in [1.54, 1.807) is 0 Å². The fourth-order valence-electron chi connectivity index (χ4n) is 3.16. The molecule has 4 N–H and O–H groups in total. The number of nitrogens with one attached hydrogen (secondary N) is 1. The highest BCUT2D eigenvalue weighted by atomic mass is 19.4. The van der Waals surface area contributed by atoms with Crippen LogP contribution >= 0.6 is 0 Å². The summed E-state index contributed by atoms with van der Waals surface area (Å²) in [5.74, 6) is -0.152. The van der Waals surface area contributed by atoms with Crippen LogP contribution in [0.25, 0.3) is 0 Å². The van der Waals surface area contributed by atoms with Crippen LogP contribution in [0.5, 0.6) is 5.75 Å². The summed E-state index contributed by atoms with van der Waals surface area (Å²) < 4.78 is 40.4. The van der Waals surface area contributed by atoms with Crippen molar-refractivity contribution in [2.75, 3.05) is 18.4 Å². The lowest BCUT2D eigenvalue weighted by Crippen LogP contribution is -2.23. The monoisotopic (exact) mass is 408 g/mol. The molecule has 0 radical (unpaired) electrons. The minimum Gasteiger partial charge on any atom is -0.406 e. The van der Waals surface area contributed by atoms with Gasteiger partial charge in [0.05, 0.1) is 12.6 Å². The standard InChI is InChI=1S/C20H23F3N4O2/c21-20(22,23)29-18-7-5-16(6-8-18)26-19(24)25-11-14-3-1-2-4-15(14)12-27-10-9-17(28)13-27/h1-8,17,28H,9-13H2,(H3,24,25,26). The first-order chi connectivity index (χ1) is 13.8. The molecule has 1 fully saturated rings. The number of benzene rings is 2. The van der Waals surface area contributed by atoms with Gasteiger partial charge in [-0.15, -0.1) is 13.2 Å². The maximum atomic E-state index is 12.2. The van der Waals surface area contributed by atoms with Gasteiger partial charge in [-0.2, -0.15) is 0 Å². The lowest BCUT2D eigenvalue weighted by atomic mass is 10.1. The van der Waals surface area contributed by atoms with Crippen LogP contribution in [0.15, 0.2) is 53.5 Å². The first kappa shape index (κ1) is 20.9. The van der Waals surface area contributed by atoms with Crippen molar-refractivity contribution in [2.24, 2.45) is 10.7 Å². The van der Waals surface area contributed by atoms with Gasteiger partial charge in [0, 0.05) is 25.3 Å². The smallest absolute Gasteiger partial charge is 0.406 e. The zero-order valence-corrected chi connectivity index (χ0v) is 15.7. The third-order valence-corrected chi connectivity index (χ3v) is 4.54. The fraction of sp³-hybridized carbons (Fsp3) is 0.350. The summed E-state index contributed by atoms with van der Waals surface area (Å²) >= 11 is 0. The van der Waals surface area contributed by atoms with E-state index in [-0.39, 0.29) is 17.8 Å². The molecule has 3 rings (SSSR count). The summed E-state index contributed by atoms with van der Waals surface area (Å²) in [6.45, 7) is 2.61. The summed E-state index contributed by atoms with van der Waals surface area (Å²) in [4.78, 5) is 6.52. The van der Waals surface area contributed by atoms with E-state index in [1.165, 1.54) is 24.3 Å². The summed E-state index contributed by atoms with van der Waals surface area (Å²) in [6, 6.07) is 13.1. The van der Waals surface area contributed by atoms with Crippen LogP contribution in [-0.2, 0) is 13.1 Å². The van der Waals surface area contributed by atoms with Crippen LogP contribution in [-0.4, -0.2) is 41.5 Å². The minimum absolute atomic E-state index is 0.154. The Bertz CT molecular complexity index is 840. The highest BCUT2D eigenvalue weighted by Gasteiger charge is 2.30. The van der Waals surface area contributed by atoms with Gasteiger partial charge in [0.15, 0.2) is 5.96 Å². The number of aliphatic imine (C=N–C) groups is 1. The Labute approximate surface area is 166 Å². The third-order valence-electron chi connectivity index (χ3n) is 4.54. The van der Waals surface area contributed by atoms with Crippen molar-refractivity contribution in [3.05, 3.63) is 59.7 Å². The minimum atomic E-state index is -4.73. The molecule has 29 heavy (non-hydrogen) atoms. The number of guanidine groups is 1. The Hall–Kier alpha value is -2.78. The van der Waals surface area contributed by atoms with Crippen molar-refractivity contribution >= 4 is 11.6 Å². The van der Waals surface area contributed by atoms with Gasteiger partial charge in [-0.1, -0.05) is 24.3 Å². The van der Waals surface area contributed by atoms with E-state index in [4.69, 9.17) is 5.73 Å². The second-order valence-electron chi connectivity index (χ2n) is 6.84. The number of hydrogen-bond donors (Lipinski definition) is 3.